The van der Waals surface area contributed by atoms with Crippen molar-refractivity contribution in [2.75, 3.05) is 0 Å². The molecule has 0 aliphatic carbocycles. The molecule has 0 N–H and O–H groups in total. The molecule has 0 saturated heterocycles. The summed E-state index contributed by atoms with van der Waals surface area (Å²) in [4.78, 5) is 13.7. The van der Waals surface area contributed by atoms with Crippen LogP contribution in [-0.4, -0.2) is 14.1 Å². The Bertz CT molecular complexity index is 1150. The highest BCUT2D eigenvalue weighted by Crippen LogP contribution is 2.42. The summed E-state index contributed by atoms with van der Waals surface area (Å²) in [6, 6.07) is 29.1. The van der Waals surface area contributed by atoms with E-state index in [1.165, 1.54) is 0 Å². The quantitative estimate of drug-likeness (QED) is 0.166. The van der Waals surface area contributed by atoms with Crippen LogP contribution in [-0.2, 0) is 4.43 Å². The molecule has 3 rings (SSSR count). The molecule has 33 heavy (non-hydrogen) atoms. The summed E-state index contributed by atoms with van der Waals surface area (Å²) in [5, 5.41) is -0.00332. The van der Waals surface area contributed by atoms with Crippen molar-refractivity contribution in [3.8, 4) is 11.8 Å². The molecule has 3 aromatic carbocycles. The fourth-order valence-electron chi connectivity index (χ4n) is 3.15. The van der Waals surface area contributed by atoms with Gasteiger partial charge in [0.1, 0.15) is 6.10 Å². The van der Waals surface area contributed by atoms with Crippen molar-refractivity contribution >= 4 is 14.1 Å². The van der Waals surface area contributed by atoms with Crippen LogP contribution in [0.5, 0.6) is 0 Å². The number of carbonyl (C=O) groups is 1. The number of hydrogen-bond donors (Lipinski definition) is 0. The summed E-state index contributed by atoms with van der Waals surface area (Å²) in [7, 11) is -2.20. The minimum atomic E-state index is -2.20. The highest BCUT2D eigenvalue weighted by molar-refractivity contribution is 6.74. The molecule has 0 aromatic heterocycles. The molecule has 0 heterocycles. The maximum absolute atomic E-state index is 13.7. The smallest absolute Gasteiger partial charge is 0.193 e. The topological polar surface area (TPSA) is 26.3 Å². The van der Waals surface area contributed by atoms with Gasteiger partial charge in [0, 0.05) is 16.7 Å². The Morgan fingerprint density at radius 1 is 0.848 bits per heavy atom. The average Bonchev–Trinajstić information content (AvgIpc) is 2.81. The van der Waals surface area contributed by atoms with Crippen LogP contribution >= 0.6 is 0 Å². The van der Waals surface area contributed by atoms with Crippen LogP contribution in [0, 0.1) is 11.8 Å². The largest absolute Gasteiger partial charge is 0.406 e. The van der Waals surface area contributed by atoms with E-state index < -0.39 is 14.4 Å². The molecule has 0 spiro atoms. The van der Waals surface area contributed by atoms with E-state index in [1.54, 1.807) is 6.08 Å². The first-order valence-electron chi connectivity index (χ1n) is 11.3. The average molecular weight is 453 g/mol. The van der Waals surface area contributed by atoms with Gasteiger partial charge in [0.05, 0.1) is 0 Å². The number of hydrogen-bond acceptors (Lipinski definition) is 2. The molecule has 0 aliphatic rings. The second kappa shape index (κ2) is 10.6. The van der Waals surface area contributed by atoms with E-state index in [9.17, 15) is 4.79 Å². The van der Waals surface area contributed by atoms with Crippen molar-refractivity contribution in [2.45, 2.75) is 45.0 Å². The maximum Gasteiger partial charge on any atom is 0.193 e. The van der Waals surface area contributed by atoms with E-state index in [0.717, 1.165) is 11.1 Å². The summed E-state index contributed by atoms with van der Waals surface area (Å²) in [6.45, 7) is 11.0. The van der Waals surface area contributed by atoms with Gasteiger partial charge >= 0.3 is 0 Å². The van der Waals surface area contributed by atoms with E-state index in [1.807, 2.05) is 91.0 Å². The number of carbonyl (C=O) groups excluding carboxylic acids is 1. The van der Waals surface area contributed by atoms with E-state index in [-0.39, 0.29) is 10.8 Å². The number of ketones is 1. The lowest BCUT2D eigenvalue weighted by Gasteiger charge is -2.39. The van der Waals surface area contributed by atoms with E-state index in [4.69, 9.17) is 4.43 Å². The molecule has 0 aliphatic heterocycles. The van der Waals surface area contributed by atoms with E-state index >= 15 is 0 Å². The Morgan fingerprint density at radius 3 is 1.91 bits per heavy atom. The minimum absolute atomic E-state index is 0.00332. The van der Waals surface area contributed by atoms with Crippen LogP contribution in [0.15, 0.2) is 103 Å². The van der Waals surface area contributed by atoms with Gasteiger partial charge in [-0.05, 0) is 41.9 Å². The highest BCUT2D eigenvalue weighted by Gasteiger charge is 2.41. The lowest BCUT2D eigenvalue weighted by Crippen LogP contribution is -2.42. The van der Waals surface area contributed by atoms with Crippen molar-refractivity contribution in [3.05, 3.63) is 119 Å². The molecule has 0 bridgehead atoms. The van der Waals surface area contributed by atoms with Gasteiger partial charge in [-0.1, -0.05) is 111 Å². The first kappa shape index (κ1) is 24.4. The molecule has 3 heteroatoms. The van der Waals surface area contributed by atoms with Crippen LogP contribution in [0.4, 0.5) is 0 Å². The number of rotatable bonds is 6. The Kier molecular flexibility index (Phi) is 7.86. The molecule has 1 atom stereocenters. The van der Waals surface area contributed by atoms with Gasteiger partial charge in [-0.3, -0.25) is 4.79 Å². The predicted octanol–water partition coefficient (Wildman–Crippen LogP) is 7.61. The van der Waals surface area contributed by atoms with Crippen LogP contribution < -0.4 is 0 Å². The fourth-order valence-corrected chi connectivity index (χ4v) is 4.35. The van der Waals surface area contributed by atoms with Crippen LogP contribution in [0.3, 0.4) is 0 Å². The normalized spacial score (nSPS) is 13.1. The van der Waals surface area contributed by atoms with Crippen molar-refractivity contribution in [1.29, 1.82) is 0 Å². The third-order valence-electron chi connectivity index (χ3n) is 6.12. The van der Waals surface area contributed by atoms with Gasteiger partial charge in [0.15, 0.2) is 14.1 Å². The molecule has 168 valence electrons. The second-order valence-electron chi connectivity index (χ2n) is 9.60. The first-order valence-corrected chi connectivity index (χ1v) is 14.2. The molecule has 2 nitrogen and oxygen atoms in total. The third-order valence-corrected chi connectivity index (χ3v) is 10.6. The minimum Gasteiger partial charge on any atom is -0.406 e. The number of benzene rings is 3. The molecule has 3 aromatic rings. The molecule has 1 unspecified atom stereocenters. The van der Waals surface area contributed by atoms with Gasteiger partial charge in [-0.2, -0.15) is 0 Å². The summed E-state index contributed by atoms with van der Waals surface area (Å²) < 4.78 is 6.88. The zero-order chi connectivity index (χ0) is 23.9. The van der Waals surface area contributed by atoms with Gasteiger partial charge in [-0.25, -0.2) is 0 Å². The fraction of sp³-hybridized carbons (Fsp3) is 0.233. The number of Topliss-reactive ketones (excluding diaryl/α,β-unsaturated/α-hetero) is 1. The molecule has 0 saturated carbocycles. The molecular formula is C30H32O2Si. The lowest BCUT2D eigenvalue weighted by molar-refractivity contribution is 0.0991. The maximum atomic E-state index is 13.7. The van der Waals surface area contributed by atoms with Gasteiger partial charge in [0.2, 0.25) is 0 Å². The summed E-state index contributed by atoms with van der Waals surface area (Å²) in [5.74, 6) is 6.22. The standard InChI is InChI=1S/C30H32O2Si/c1-30(2,3)33(4,5)32-29(26-21-13-8-14-22-26)27(28(31)25-19-11-7-12-20-25)23-15-18-24-16-9-6-10-17-24/h6-14,16-17,19-23,29H,1-5H3/b27-23+. The van der Waals surface area contributed by atoms with Crippen molar-refractivity contribution in [2.24, 2.45) is 0 Å². The van der Waals surface area contributed by atoms with Crippen molar-refractivity contribution in [1.82, 2.24) is 0 Å². The Balaban J connectivity index is 2.13. The van der Waals surface area contributed by atoms with Crippen LogP contribution in [0.2, 0.25) is 18.1 Å². The highest BCUT2D eigenvalue weighted by atomic mass is 28.4. The summed E-state index contributed by atoms with van der Waals surface area (Å²) in [5.41, 5.74) is 3.05. The Hall–Kier alpha value is -3.19. The van der Waals surface area contributed by atoms with E-state index in [0.29, 0.717) is 11.1 Å². The number of allylic oxidation sites excluding steroid dienone is 1. The molecule has 0 fully saturated rings. The monoisotopic (exact) mass is 452 g/mol. The third kappa shape index (κ3) is 6.41. The van der Waals surface area contributed by atoms with Crippen molar-refractivity contribution < 1.29 is 9.22 Å². The predicted molar refractivity (Wildman–Crippen MR) is 140 cm³/mol. The Labute approximate surface area is 199 Å². The summed E-state index contributed by atoms with van der Waals surface area (Å²) >= 11 is 0. The Morgan fingerprint density at radius 2 is 1.36 bits per heavy atom. The SMILES string of the molecule is CC(C)(C)[Si](C)(C)OC(/C(=C/C#Cc1ccccc1)C(=O)c1ccccc1)c1ccccc1. The molecule has 0 radical (unpaired) electrons. The van der Waals surface area contributed by atoms with Gasteiger partial charge < -0.3 is 4.43 Å². The van der Waals surface area contributed by atoms with Crippen LogP contribution in [0.25, 0.3) is 0 Å². The van der Waals surface area contributed by atoms with E-state index in [2.05, 4.69) is 45.7 Å². The van der Waals surface area contributed by atoms with Gasteiger partial charge in [0.25, 0.3) is 0 Å². The zero-order valence-corrected chi connectivity index (χ0v) is 21.1. The second-order valence-corrected chi connectivity index (χ2v) is 14.4. The molecular weight excluding hydrogens is 420 g/mol. The van der Waals surface area contributed by atoms with Crippen LogP contribution in [0.1, 0.15) is 48.4 Å². The van der Waals surface area contributed by atoms with Gasteiger partial charge in [-0.15, -0.1) is 0 Å². The zero-order valence-electron chi connectivity index (χ0n) is 20.1. The van der Waals surface area contributed by atoms with Crippen molar-refractivity contribution in [3.63, 3.8) is 0 Å². The lowest BCUT2D eigenvalue weighted by atomic mass is 9.94. The first-order chi connectivity index (χ1) is 15.7. The summed E-state index contributed by atoms with van der Waals surface area (Å²) in [6.07, 6.45) is 1.25. The molecule has 0 amide bonds.